The Morgan fingerprint density at radius 3 is 2.10 bits per heavy atom. The summed E-state index contributed by atoms with van der Waals surface area (Å²) >= 11 is 0. The summed E-state index contributed by atoms with van der Waals surface area (Å²) in [7, 11) is 2.75. The Hall–Kier alpha value is -1.82. The van der Waals surface area contributed by atoms with Crippen molar-refractivity contribution < 1.29 is 48.2 Å². The van der Waals surface area contributed by atoms with Gasteiger partial charge in [-0.15, -0.1) is 13.2 Å². The predicted octanol–water partition coefficient (Wildman–Crippen LogP) is -0.532. The molecule has 29 heavy (non-hydrogen) atoms. The van der Waals surface area contributed by atoms with Crippen LogP contribution in [0.15, 0.2) is 25.3 Å². The molecule has 10 heteroatoms. The zero-order valence-corrected chi connectivity index (χ0v) is 16.8. The van der Waals surface area contributed by atoms with Gasteiger partial charge in [-0.1, -0.05) is 12.2 Å². The van der Waals surface area contributed by atoms with Crippen molar-refractivity contribution in [3.63, 3.8) is 0 Å². The monoisotopic (exact) mass is 416 g/mol. The van der Waals surface area contributed by atoms with E-state index >= 15 is 0 Å². The van der Waals surface area contributed by atoms with Crippen LogP contribution >= 0.6 is 0 Å². The van der Waals surface area contributed by atoms with Crippen LogP contribution in [-0.2, 0) is 38.0 Å². The summed E-state index contributed by atoms with van der Waals surface area (Å²) in [6.07, 6.45) is -3.35. The standard InChI is InChI=1S/C11H16O5.C8H12O5/c1-5-6-7-8(16-11(2,3)15-6)9(13-4)10(12)14-7;1-3-4(9)6-5(10)7(12-2)8(11)13-6/h5-9H,1H2,2-4H3;3-7,9-10H,1H2,2H3/t6-,7?,8-,9-;4-,5-,6?,7-/m11/s1. The van der Waals surface area contributed by atoms with Crippen LogP contribution in [0.2, 0.25) is 0 Å². The molecule has 0 saturated carbocycles. The Balaban J connectivity index is 0.000000212. The third-order valence-electron chi connectivity index (χ3n) is 4.72. The van der Waals surface area contributed by atoms with Crippen molar-refractivity contribution in [3.05, 3.63) is 25.3 Å². The lowest BCUT2D eigenvalue weighted by Crippen LogP contribution is -2.54. The van der Waals surface area contributed by atoms with Crippen molar-refractivity contribution >= 4 is 11.9 Å². The lowest BCUT2D eigenvalue weighted by Gasteiger charge is -2.41. The summed E-state index contributed by atoms with van der Waals surface area (Å²) in [6.45, 7) is 10.6. The van der Waals surface area contributed by atoms with E-state index in [-0.39, 0.29) is 6.10 Å². The van der Waals surface area contributed by atoms with E-state index in [9.17, 15) is 19.8 Å². The normalized spacial score (nSPS) is 38.8. The maximum absolute atomic E-state index is 11.5. The molecule has 0 radical (unpaired) electrons. The molecule has 8 atom stereocenters. The molecular formula is C19H28O10. The Morgan fingerprint density at radius 2 is 1.62 bits per heavy atom. The largest absolute Gasteiger partial charge is 0.454 e. The molecule has 3 aliphatic rings. The molecule has 2 unspecified atom stereocenters. The van der Waals surface area contributed by atoms with Gasteiger partial charge in [-0.25, -0.2) is 9.59 Å². The fourth-order valence-corrected chi connectivity index (χ4v) is 3.34. The summed E-state index contributed by atoms with van der Waals surface area (Å²) in [5.74, 6) is -1.85. The molecule has 3 heterocycles. The maximum atomic E-state index is 11.5. The molecule has 0 aromatic heterocycles. The molecule has 0 bridgehead atoms. The number of hydrogen-bond donors (Lipinski definition) is 2. The molecule has 3 fully saturated rings. The fraction of sp³-hybridized carbons (Fsp3) is 0.684. The Bertz CT molecular complexity index is 632. The number of carbonyl (C=O) groups is 2. The number of carbonyl (C=O) groups excluding carboxylic acids is 2. The number of ether oxygens (including phenoxy) is 6. The third-order valence-corrected chi connectivity index (χ3v) is 4.72. The predicted molar refractivity (Wildman–Crippen MR) is 97.6 cm³/mol. The Labute approximate surface area is 169 Å². The zero-order valence-electron chi connectivity index (χ0n) is 16.8. The second-order valence-electron chi connectivity index (χ2n) is 7.13. The van der Waals surface area contributed by atoms with E-state index in [2.05, 4.69) is 13.2 Å². The minimum absolute atomic E-state index is 0.363. The second kappa shape index (κ2) is 9.33. The highest BCUT2D eigenvalue weighted by atomic mass is 16.8. The Morgan fingerprint density at radius 1 is 1.03 bits per heavy atom. The van der Waals surface area contributed by atoms with Crippen molar-refractivity contribution in [2.45, 2.75) is 68.5 Å². The first kappa shape index (κ1) is 23.5. The molecule has 0 spiro atoms. The number of methoxy groups -OCH3 is 2. The molecule has 2 N–H and O–H groups in total. The summed E-state index contributed by atoms with van der Waals surface area (Å²) < 4.78 is 30.9. The number of hydrogen-bond acceptors (Lipinski definition) is 10. The Kier molecular flexibility index (Phi) is 7.55. The van der Waals surface area contributed by atoms with Gasteiger partial charge in [0.25, 0.3) is 0 Å². The van der Waals surface area contributed by atoms with Crippen molar-refractivity contribution in [1.29, 1.82) is 0 Å². The highest BCUT2D eigenvalue weighted by Gasteiger charge is 2.55. The quantitative estimate of drug-likeness (QED) is 0.445. The SMILES string of the molecule is C=C[C@@H](O)C1OC(=O)[C@H](OC)[C@@H]1O.C=C[C@H]1OC(C)(C)O[C@@H]2C1OC(=O)[C@@H]2OC. The average molecular weight is 416 g/mol. The molecule has 3 aliphatic heterocycles. The maximum Gasteiger partial charge on any atom is 0.338 e. The summed E-state index contributed by atoms with van der Waals surface area (Å²) in [4.78, 5) is 22.5. The molecule has 164 valence electrons. The van der Waals surface area contributed by atoms with Crippen molar-refractivity contribution in [2.24, 2.45) is 0 Å². The summed E-state index contributed by atoms with van der Waals surface area (Å²) in [5, 5.41) is 18.7. The molecular weight excluding hydrogens is 388 g/mol. The van der Waals surface area contributed by atoms with Gasteiger partial charge < -0.3 is 38.6 Å². The first-order valence-electron chi connectivity index (χ1n) is 9.03. The molecule has 3 saturated heterocycles. The number of esters is 2. The van der Waals surface area contributed by atoms with Gasteiger partial charge in [-0.05, 0) is 13.8 Å². The molecule has 3 rings (SSSR count). The average Bonchev–Trinajstić information content (AvgIpc) is 3.14. The van der Waals surface area contributed by atoms with Crippen LogP contribution in [0.5, 0.6) is 0 Å². The zero-order chi connectivity index (χ0) is 21.9. The van der Waals surface area contributed by atoms with Gasteiger partial charge in [-0.3, -0.25) is 0 Å². The number of rotatable bonds is 5. The van der Waals surface area contributed by atoms with E-state index in [1.54, 1.807) is 19.9 Å². The van der Waals surface area contributed by atoms with E-state index in [1.165, 1.54) is 20.3 Å². The topological polar surface area (TPSA) is 130 Å². The highest BCUT2D eigenvalue weighted by molar-refractivity contribution is 5.78. The van der Waals surface area contributed by atoms with Crippen LogP contribution in [0, 0.1) is 0 Å². The molecule has 0 amide bonds. The molecule has 0 aromatic carbocycles. The second-order valence-corrected chi connectivity index (χ2v) is 7.13. The van der Waals surface area contributed by atoms with Crippen LogP contribution in [0.1, 0.15) is 13.8 Å². The van der Waals surface area contributed by atoms with E-state index in [1.807, 2.05) is 0 Å². The van der Waals surface area contributed by atoms with Crippen molar-refractivity contribution in [1.82, 2.24) is 0 Å². The van der Waals surface area contributed by atoms with Gasteiger partial charge in [-0.2, -0.15) is 0 Å². The van der Waals surface area contributed by atoms with Crippen LogP contribution in [0.4, 0.5) is 0 Å². The smallest absolute Gasteiger partial charge is 0.338 e. The minimum atomic E-state index is -1.15. The summed E-state index contributed by atoms with van der Waals surface area (Å²) in [5.41, 5.74) is 0. The van der Waals surface area contributed by atoms with Crippen LogP contribution in [-0.4, -0.2) is 91.0 Å². The third kappa shape index (κ3) is 4.85. The van der Waals surface area contributed by atoms with Gasteiger partial charge in [0, 0.05) is 14.2 Å². The number of fused-ring (bicyclic) bond motifs is 1. The van der Waals surface area contributed by atoms with Crippen LogP contribution in [0.3, 0.4) is 0 Å². The van der Waals surface area contributed by atoms with E-state index in [0.29, 0.717) is 0 Å². The number of aliphatic hydroxyl groups excluding tert-OH is 2. The van der Waals surface area contributed by atoms with E-state index in [4.69, 9.17) is 28.4 Å². The van der Waals surface area contributed by atoms with Gasteiger partial charge in [0.05, 0.1) is 0 Å². The first-order valence-corrected chi connectivity index (χ1v) is 9.03. The fourth-order valence-electron chi connectivity index (χ4n) is 3.34. The summed E-state index contributed by atoms with van der Waals surface area (Å²) in [6, 6.07) is 0. The van der Waals surface area contributed by atoms with Crippen LogP contribution < -0.4 is 0 Å². The van der Waals surface area contributed by atoms with Crippen molar-refractivity contribution in [2.75, 3.05) is 14.2 Å². The molecule has 0 aliphatic carbocycles. The van der Waals surface area contributed by atoms with Crippen molar-refractivity contribution in [3.8, 4) is 0 Å². The van der Waals surface area contributed by atoms with E-state index in [0.717, 1.165) is 0 Å². The number of aliphatic hydroxyl groups is 2. The lowest BCUT2D eigenvalue weighted by molar-refractivity contribution is -0.318. The highest BCUT2D eigenvalue weighted by Crippen LogP contribution is 2.36. The minimum Gasteiger partial charge on any atom is -0.454 e. The van der Waals surface area contributed by atoms with Gasteiger partial charge in [0.2, 0.25) is 0 Å². The molecule has 0 aromatic rings. The lowest BCUT2D eigenvalue weighted by atomic mass is 10.0. The van der Waals surface area contributed by atoms with Gasteiger partial charge in [0.15, 0.2) is 30.2 Å². The number of cyclic esters (lactones) is 1. The van der Waals surface area contributed by atoms with Gasteiger partial charge in [0.1, 0.15) is 24.4 Å². The van der Waals surface area contributed by atoms with Crippen LogP contribution in [0.25, 0.3) is 0 Å². The van der Waals surface area contributed by atoms with Gasteiger partial charge >= 0.3 is 11.9 Å². The first-order chi connectivity index (χ1) is 13.6. The van der Waals surface area contributed by atoms with E-state index < -0.39 is 60.5 Å². The molecule has 10 nitrogen and oxygen atoms in total.